The van der Waals surface area contributed by atoms with Gasteiger partial charge in [-0.1, -0.05) is 65.7 Å². The molecule has 0 bridgehead atoms. The van der Waals surface area contributed by atoms with Gasteiger partial charge in [-0.25, -0.2) is 0 Å². The molecule has 0 saturated heterocycles. The third kappa shape index (κ3) is 3.56. The maximum absolute atomic E-state index is 3.69. The molecule has 1 atom stereocenters. The molecule has 21 heavy (non-hydrogen) atoms. The van der Waals surface area contributed by atoms with Gasteiger partial charge < -0.3 is 5.32 Å². The van der Waals surface area contributed by atoms with E-state index in [-0.39, 0.29) is 6.04 Å². The van der Waals surface area contributed by atoms with Crippen molar-refractivity contribution >= 4 is 15.9 Å². The molecule has 0 saturated carbocycles. The molecule has 2 heteroatoms. The van der Waals surface area contributed by atoms with Crippen LogP contribution in [-0.4, -0.2) is 7.05 Å². The van der Waals surface area contributed by atoms with Crippen molar-refractivity contribution in [3.8, 4) is 0 Å². The van der Waals surface area contributed by atoms with Crippen molar-refractivity contribution in [3.05, 3.63) is 68.7 Å². The first-order valence-electron chi connectivity index (χ1n) is 7.65. The van der Waals surface area contributed by atoms with Crippen LogP contribution in [0.4, 0.5) is 0 Å². The van der Waals surface area contributed by atoms with Crippen LogP contribution in [0.1, 0.15) is 47.7 Å². The molecular weight excluding hydrogens is 322 g/mol. The van der Waals surface area contributed by atoms with Crippen molar-refractivity contribution in [1.82, 2.24) is 5.32 Å². The maximum Gasteiger partial charge on any atom is 0.0585 e. The fourth-order valence-corrected chi connectivity index (χ4v) is 3.36. The number of hydrogen-bond acceptors (Lipinski definition) is 1. The summed E-state index contributed by atoms with van der Waals surface area (Å²) in [5.74, 6) is 0. The first-order valence-corrected chi connectivity index (χ1v) is 8.45. The molecule has 0 aliphatic heterocycles. The number of aryl methyl sites for hydroxylation is 3. The third-order valence-corrected chi connectivity index (χ3v) is 4.80. The summed E-state index contributed by atoms with van der Waals surface area (Å²) in [5.41, 5.74) is 6.83. The van der Waals surface area contributed by atoms with Gasteiger partial charge in [0.05, 0.1) is 6.04 Å². The molecule has 2 aromatic carbocycles. The Hall–Kier alpha value is -1.12. The van der Waals surface area contributed by atoms with Gasteiger partial charge in [0.1, 0.15) is 0 Å². The van der Waals surface area contributed by atoms with Crippen LogP contribution in [0.5, 0.6) is 0 Å². The number of rotatable bonds is 5. The molecule has 0 aliphatic rings. The highest BCUT2D eigenvalue weighted by molar-refractivity contribution is 9.10. The summed E-state index contributed by atoms with van der Waals surface area (Å²) in [6.07, 6.45) is 2.18. The highest BCUT2D eigenvalue weighted by Crippen LogP contribution is 2.30. The molecular formula is C19H24BrN. The van der Waals surface area contributed by atoms with Crippen molar-refractivity contribution in [2.45, 2.75) is 39.7 Å². The number of nitrogens with one attached hydrogen (secondary N) is 1. The lowest BCUT2D eigenvalue weighted by atomic mass is 9.93. The van der Waals surface area contributed by atoms with Crippen LogP contribution in [0.15, 0.2) is 40.9 Å². The Labute approximate surface area is 136 Å². The monoisotopic (exact) mass is 345 g/mol. The standard InChI is InChI=1S/C19H24BrN/c1-5-14-8-9-16(12-15(14)6-2)19(21-4)17-11-13(3)7-10-18(17)20/h7-12,19,21H,5-6H2,1-4H3. The molecule has 0 amide bonds. The van der Waals surface area contributed by atoms with E-state index >= 15 is 0 Å². The van der Waals surface area contributed by atoms with Crippen LogP contribution in [0, 0.1) is 6.92 Å². The number of halogens is 1. The molecule has 1 unspecified atom stereocenters. The lowest BCUT2D eigenvalue weighted by molar-refractivity contribution is 0.686. The highest BCUT2D eigenvalue weighted by Gasteiger charge is 2.16. The Bertz CT molecular complexity index is 619. The molecule has 0 spiro atoms. The summed E-state index contributed by atoms with van der Waals surface area (Å²) in [6, 6.07) is 13.6. The number of benzene rings is 2. The molecule has 0 fully saturated rings. The van der Waals surface area contributed by atoms with Gasteiger partial charge >= 0.3 is 0 Å². The zero-order valence-electron chi connectivity index (χ0n) is 13.3. The Balaban J connectivity index is 2.48. The first kappa shape index (κ1) is 16.3. The molecule has 0 aromatic heterocycles. The fraction of sp³-hybridized carbons (Fsp3) is 0.368. The average molecular weight is 346 g/mol. The second-order valence-corrected chi connectivity index (χ2v) is 6.34. The van der Waals surface area contributed by atoms with E-state index < -0.39 is 0 Å². The largest absolute Gasteiger partial charge is 0.309 e. The van der Waals surface area contributed by atoms with E-state index in [1.807, 2.05) is 7.05 Å². The van der Waals surface area contributed by atoms with Gasteiger partial charge in [-0.2, -0.15) is 0 Å². The zero-order chi connectivity index (χ0) is 15.4. The summed E-state index contributed by atoms with van der Waals surface area (Å²) in [7, 11) is 2.03. The van der Waals surface area contributed by atoms with Crippen molar-refractivity contribution in [2.75, 3.05) is 7.05 Å². The van der Waals surface area contributed by atoms with Gasteiger partial charge in [0.2, 0.25) is 0 Å². The van der Waals surface area contributed by atoms with Crippen molar-refractivity contribution < 1.29 is 0 Å². The molecule has 0 aliphatic carbocycles. The van der Waals surface area contributed by atoms with Gasteiger partial charge in [0.25, 0.3) is 0 Å². The van der Waals surface area contributed by atoms with Crippen LogP contribution < -0.4 is 5.32 Å². The first-order chi connectivity index (χ1) is 10.1. The Kier molecular flexibility index (Phi) is 5.60. The summed E-state index contributed by atoms with van der Waals surface area (Å²) >= 11 is 3.69. The minimum atomic E-state index is 0.218. The van der Waals surface area contributed by atoms with Crippen LogP contribution in [-0.2, 0) is 12.8 Å². The lowest BCUT2D eigenvalue weighted by Crippen LogP contribution is -2.18. The summed E-state index contributed by atoms with van der Waals surface area (Å²) < 4.78 is 1.16. The Morgan fingerprint density at radius 3 is 2.33 bits per heavy atom. The second-order valence-electron chi connectivity index (χ2n) is 5.48. The molecule has 0 heterocycles. The Morgan fingerprint density at radius 1 is 1.00 bits per heavy atom. The van der Waals surface area contributed by atoms with Crippen molar-refractivity contribution in [3.63, 3.8) is 0 Å². The molecule has 1 nitrogen and oxygen atoms in total. The SMILES string of the molecule is CCc1ccc(C(NC)c2cc(C)ccc2Br)cc1CC. The molecule has 1 N–H and O–H groups in total. The second kappa shape index (κ2) is 7.24. The average Bonchev–Trinajstić information content (AvgIpc) is 2.51. The maximum atomic E-state index is 3.69. The van der Waals surface area contributed by atoms with Crippen LogP contribution in [0.3, 0.4) is 0 Å². The van der Waals surface area contributed by atoms with Gasteiger partial charge in [-0.15, -0.1) is 0 Å². The van der Waals surface area contributed by atoms with E-state index in [4.69, 9.17) is 0 Å². The van der Waals surface area contributed by atoms with Crippen molar-refractivity contribution in [2.24, 2.45) is 0 Å². The quantitative estimate of drug-likeness (QED) is 0.785. The van der Waals surface area contributed by atoms with Crippen LogP contribution >= 0.6 is 15.9 Å². The van der Waals surface area contributed by atoms with E-state index in [2.05, 4.69) is 78.4 Å². The van der Waals surface area contributed by atoms with Gasteiger partial charge in [-0.3, -0.25) is 0 Å². The highest BCUT2D eigenvalue weighted by atomic mass is 79.9. The predicted octanol–water partition coefficient (Wildman–Crippen LogP) is 5.19. The molecule has 0 radical (unpaired) electrons. The molecule has 2 rings (SSSR count). The van der Waals surface area contributed by atoms with E-state index in [0.717, 1.165) is 17.3 Å². The van der Waals surface area contributed by atoms with E-state index in [0.29, 0.717) is 0 Å². The van der Waals surface area contributed by atoms with Crippen LogP contribution in [0.25, 0.3) is 0 Å². The van der Waals surface area contributed by atoms with Crippen LogP contribution in [0.2, 0.25) is 0 Å². The summed E-state index contributed by atoms with van der Waals surface area (Å²) in [5, 5.41) is 3.46. The minimum absolute atomic E-state index is 0.218. The summed E-state index contributed by atoms with van der Waals surface area (Å²) in [6.45, 7) is 6.59. The Morgan fingerprint density at radius 2 is 1.71 bits per heavy atom. The van der Waals surface area contributed by atoms with Gasteiger partial charge in [0.15, 0.2) is 0 Å². The molecule has 112 valence electrons. The zero-order valence-corrected chi connectivity index (χ0v) is 14.9. The van der Waals surface area contributed by atoms with Crippen molar-refractivity contribution in [1.29, 1.82) is 0 Å². The third-order valence-electron chi connectivity index (χ3n) is 4.08. The van der Waals surface area contributed by atoms with Gasteiger partial charge in [-0.05, 0) is 55.1 Å². The predicted molar refractivity (Wildman–Crippen MR) is 95.0 cm³/mol. The lowest BCUT2D eigenvalue weighted by Gasteiger charge is -2.21. The smallest absolute Gasteiger partial charge is 0.0585 e. The van der Waals surface area contributed by atoms with Gasteiger partial charge in [0, 0.05) is 4.47 Å². The fourth-order valence-electron chi connectivity index (χ4n) is 2.89. The topological polar surface area (TPSA) is 12.0 Å². The minimum Gasteiger partial charge on any atom is -0.309 e. The number of hydrogen-bond donors (Lipinski definition) is 1. The normalized spacial score (nSPS) is 12.4. The summed E-state index contributed by atoms with van der Waals surface area (Å²) in [4.78, 5) is 0. The van der Waals surface area contributed by atoms with E-state index in [1.54, 1.807) is 0 Å². The van der Waals surface area contributed by atoms with E-state index in [9.17, 15) is 0 Å². The molecule has 2 aromatic rings. The van der Waals surface area contributed by atoms with E-state index in [1.165, 1.54) is 27.8 Å².